The van der Waals surface area contributed by atoms with Crippen molar-refractivity contribution in [3.05, 3.63) is 11.6 Å². The first-order valence-corrected chi connectivity index (χ1v) is 11.0. The number of rotatable bonds is 4. The van der Waals surface area contributed by atoms with Crippen LogP contribution in [0.4, 0.5) is 0 Å². The number of hydrogen-bond acceptors (Lipinski definition) is 5. The van der Waals surface area contributed by atoms with Gasteiger partial charge in [-0.3, -0.25) is 14.4 Å². The third-order valence-electron chi connectivity index (χ3n) is 9.57. The van der Waals surface area contributed by atoms with E-state index in [9.17, 15) is 29.7 Å². The van der Waals surface area contributed by atoms with E-state index in [0.717, 1.165) is 5.57 Å². The van der Waals surface area contributed by atoms with Crippen LogP contribution in [0.3, 0.4) is 0 Å². The lowest BCUT2D eigenvalue weighted by atomic mass is 9.42. The summed E-state index contributed by atoms with van der Waals surface area (Å²) >= 11 is 0. The maximum atomic E-state index is 12.3. The third-order valence-corrected chi connectivity index (χ3v) is 9.57. The zero-order valence-electron chi connectivity index (χ0n) is 17.7. The van der Waals surface area contributed by atoms with Crippen molar-refractivity contribution < 1.29 is 34.8 Å². The van der Waals surface area contributed by atoms with Crippen LogP contribution in [0.2, 0.25) is 0 Å². The molecule has 0 amide bonds. The van der Waals surface area contributed by atoms with Gasteiger partial charge in [0.2, 0.25) is 0 Å². The SMILES string of the molecule is C[C@]12CCC(=O)C=C1C[C@@H](C(=O)O)[C@H]1[C@@H]3CC[C@@](O)(CCC(=O)O)[C@@]3(C)CCC12O. The van der Waals surface area contributed by atoms with Crippen molar-refractivity contribution in [3.8, 4) is 0 Å². The Morgan fingerprint density at radius 1 is 1.10 bits per heavy atom. The molecule has 0 aromatic heterocycles. The summed E-state index contributed by atoms with van der Waals surface area (Å²) in [5.41, 5.74) is -2.99. The van der Waals surface area contributed by atoms with E-state index in [1.165, 1.54) is 0 Å². The molecule has 3 saturated carbocycles. The molecule has 1 unspecified atom stereocenters. The first-order chi connectivity index (χ1) is 13.9. The quantitative estimate of drug-likeness (QED) is 0.549. The Labute approximate surface area is 176 Å². The lowest BCUT2D eigenvalue weighted by Crippen LogP contribution is -2.67. The fourth-order valence-corrected chi connectivity index (χ4v) is 7.61. The minimum atomic E-state index is -1.26. The van der Waals surface area contributed by atoms with Gasteiger partial charge in [-0.15, -0.1) is 0 Å². The molecule has 3 fully saturated rings. The number of aliphatic carboxylic acids is 2. The van der Waals surface area contributed by atoms with Gasteiger partial charge < -0.3 is 20.4 Å². The lowest BCUT2D eigenvalue weighted by Gasteiger charge is -2.64. The van der Waals surface area contributed by atoms with Crippen LogP contribution in [0, 0.1) is 28.6 Å². The standard InChI is InChI=1S/C23H32O7/c1-20-6-3-14(24)11-13(20)12-15(19(27)28)18-16-4-7-22(29,8-5-17(25)26)21(16,2)9-10-23(18,20)30/h11,15-16,18,29-30H,3-10,12H2,1-2H3,(H,25,26)(H,27,28)/t15-,16+,18+,20+,21+,22-,23?/m1/s1. The van der Waals surface area contributed by atoms with Crippen molar-refractivity contribution in [2.75, 3.05) is 0 Å². The molecule has 0 bridgehead atoms. The van der Waals surface area contributed by atoms with E-state index in [4.69, 9.17) is 5.11 Å². The van der Waals surface area contributed by atoms with Crippen molar-refractivity contribution in [2.24, 2.45) is 28.6 Å². The van der Waals surface area contributed by atoms with Gasteiger partial charge in [-0.2, -0.15) is 0 Å². The van der Waals surface area contributed by atoms with Gasteiger partial charge >= 0.3 is 11.9 Å². The third kappa shape index (κ3) is 2.67. The van der Waals surface area contributed by atoms with Crippen molar-refractivity contribution in [1.82, 2.24) is 0 Å². The highest BCUT2D eigenvalue weighted by molar-refractivity contribution is 5.92. The van der Waals surface area contributed by atoms with Crippen LogP contribution in [0.25, 0.3) is 0 Å². The monoisotopic (exact) mass is 420 g/mol. The van der Waals surface area contributed by atoms with Crippen LogP contribution in [-0.4, -0.2) is 49.4 Å². The summed E-state index contributed by atoms with van der Waals surface area (Å²) in [6.45, 7) is 3.91. The summed E-state index contributed by atoms with van der Waals surface area (Å²) < 4.78 is 0. The molecule has 0 aliphatic heterocycles. The fourth-order valence-electron chi connectivity index (χ4n) is 7.61. The molecule has 0 spiro atoms. The Kier molecular flexibility index (Phi) is 4.75. The van der Waals surface area contributed by atoms with Gasteiger partial charge in [0.05, 0.1) is 17.1 Å². The number of fused-ring (bicyclic) bond motifs is 5. The summed E-state index contributed by atoms with van der Waals surface area (Å²) in [7, 11) is 0. The predicted molar refractivity (Wildman–Crippen MR) is 106 cm³/mol. The zero-order valence-corrected chi connectivity index (χ0v) is 17.7. The summed E-state index contributed by atoms with van der Waals surface area (Å²) in [6, 6.07) is 0. The molecule has 4 aliphatic rings. The number of carboxylic acid groups (broad SMARTS) is 2. The van der Waals surface area contributed by atoms with Gasteiger partial charge in [-0.25, -0.2) is 0 Å². The Morgan fingerprint density at radius 3 is 2.43 bits per heavy atom. The summed E-state index contributed by atoms with van der Waals surface area (Å²) in [4.78, 5) is 35.5. The molecule has 0 saturated heterocycles. The van der Waals surface area contributed by atoms with Crippen molar-refractivity contribution in [1.29, 1.82) is 0 Å². The van der Waals surface area contributed by atoms with Crippen LogP contribution in [0.5, 0.6) is 0 Å². The van der Waals surface area contributed by atoms with E-state index in [-0.39, 0.29) is 31.0 Å². The van der Waals surface area contributed by atoms with E-state index in [0.29, 0.717) is 38.5 Å². The Hall–Kier alpha value is -1.73. The molecule has 4 N–H and O–H groups in total. The van der Waals surface area contributed by atoms with E-state index < -0.39 is 45.8 Å². The number of ketones is 1. The number of carbonyl (C=O) groups is 3. The molecular formula is C23H32O7. The molecule has 4 aliphatic carbocycles. The number of carboxylic acids is 2. The normalized spacial score (nSPS) is 47.7. The molecule has 4 rings (SSSR count). The average molecular weight is 421 g/mol. The van der Waals surface area contributed by atoms with Gasteiger partial charge in [0.25, 0.3) is 0 Å². The predicted octanol–water partition coefficient (Wildman–Crippen LogP) is 2.54. The topological polar surface area (TPSA) is 132 Å². The highest BCUT2D eigenvalue weighted by atomic mass is 16.4. The molecule has 0 radical (unpaired) electrons. The summed E-state index contributed by atoms with van der Waals surface area (Å²) in [5, 5.41) is 42.8. The smallest absolute Gasteiger partial charge is 0.307 e. The highest BCUT2D eigenvalue weighted by Gasteiger charge is 2.71. The van der Waals surface area contributed by atoms with Gasteiger partial charge in [-0.1, -0.05) is 19.4 Å². The second-order valence-electron chi connectivity index (χ2n) is 10.6. The van der Waals surface area contributed by atoms with E-state index in [1.807, 2.05) is 13.8 Å². The Balaban J connectivity index is 1.78. The lowest BCUT2D eigenvalue weighted by molar-refractivity contribution is -0.228. The minimum absolute atomic E-state index is 0.0155. The van der Waals surface area contributed by atoms with E-state index in [1.54, 1.807) is 6.08 Å². The Bertz CT molecular complexity index is 833. The van der Waals surface area contributed by atoms with E-state index in [2.05, 4.69) is 0 Å². The highest BCUT2D eigenvalue weighted by Crippen LogP contribution is 2.70. The van der Waals surface area contributed by atoms with E-state index >= 15 is 0 Å². The van der Waals surface area contributed by atoms with Gasteiger partial charge in [-0.05, 0) is 62.4 Å². The first kappa shape index (κ1) is 21.5. The second kappa shape index (κ2) is 6.63. The molecule has 0 aromatic carbocycles. The number of aliphatic hydroxyl groups is 2. The van der Waals surface area contributed by atoms with Crippen molar-refractivity contribution in [2.45, 2.75) is 82.8 Å². The molecule has 7 heteroatoms. The fraction of sp³-hybridized carbons (Fsp3) is 0.783. The summed E-state index contributed by atoms with van der Waals surface area (Å²) in [5.74, 6) is -3.54. The van der Waals surface area contributed by atoms with Crippen molar-refractivity contribution in [3.63, 3.8) is 0 Å². The number of carbonyl (C=O) groups excluding carboxylic acids is 1. The second-order valence-corrected chi connectivity index (χ2v) is 10.6. The summed E-state index contributed by atoms with van der Waals surface area (Å²) in [6.07, 6.45) is 4.47. The van der Waals surface area contributed by atoms with Crippen LogP contribution in [0.1, 0.15) is 71.6 Å². The first-order valence-electron chi connectivity index (χ1n) is 11.0. The van der Waals surface area contributed by atoms with Gasteiger partial charge in [0.15, 0.2) is 5.78 Å². The largest absolute Gasteiger partial charge is 0.481 e. The molecule has 166 valence electrons. The van der Waals surface area contributed by atoms with Gasteiger partial charge in [0, 0.05) is 24.2 Å². The van der Waals surface area contributed by atoms with Gasteiger partial charge in [0.1, 0.15) is 0 Å². The number of hydrogen-bond donors (Lipinski definition) is 4. The average Bonchev–Trinajstić information content (AvgIpc) is 2.93. The molecule has 7 nitrogen and oxygen atoms in total. The van der Waals surface area contributed by atoms with Crippen molar-refractivity contribution >= 4 is 17.7 Å². The molecule has 7 atom stereocenters. The maximum Gasteiger partial charge on any atom is 0.307 e. The Morgan fingerprint density at radius 2 is 1.80 bits per heavy atom. The van der Waals surface area contributed by atoms with Crippen LogP contribution in [0.15, 0.2) is 11.6 Å². The van der Waals surface area contributed by atoms with Crippen LogP contribution in [-0.2, 0) is 14.4 Å². The molecule has 0 heterocycles. The van der Waals surface area contributed by atoms with Crippen LogP contribution < -0.4 is 0 Å². The van der Waals surface area contributed by atoms with Crippen LogP contribution >= 0.6 is 0 Å². The minimum Gasteiger partial charge on any atom is -0.481 e. The molecular weight excluding hydrogens is 388 g/mol. The maximum absolute atomic E-state index is 12.3. The zero-order chi connectivity index (χ0) is 22.1. The molecule has 0 aromatic rings. The molecule has 30 heavy (non-hydrogen) atoms.